The van der Waals surface area contributed by atoms with E-state index in [1.54, 1.807) is 13.2 Å². The van der Waals surface area contributed by atoms with Gasteiger partial charge in [0, 0.05) is 7.11 Å². The maximum atomic E-state index is 11.9. The van der Waals surface area contributed by atoms with Crippen LogP contribution in [0.5, 0.6) is 0 Å². The standard InChI is InChI=1S/C12H16BrN3O2/c1-18-12(3-2-4-12)6-10(17)16-11-9(13)5-8(14)7-15-11/h5,7H,2-4,6,14H2,1H3,(H,15,16,17). The van der Waals surface area contributed by atoms with Crippen molar-refractivity contribution < 1.29 is 9.53 Å². The number of amides is 1. The van der Waals surface area contributed by atoms with Crippen LogP contribution in [0.1, 0.15) is 25.7 Å². The summed E-state index contributed by atoms with van der Waals surface area (Å²) in [4.78, 5) is 16.0. The summed E-state index contributed by atoms with van der Waals surface area (Å²) in [6, 6.07) is 1.71. The Morgan fingerprint density at radius 1 is 1.67 bits per heavy atom. The molecule has 0 bridgehead atoms. The van der Waals surface area contributed by atoms with E-state index < -0.39 is 0 Å². The topological polar surface area (TPSA) is 77.2 Å². The smallest absolute Gasteiger partial charge is 0.228 e. The molecule has 3 N–H and O–H groups in total. The molecule has 18 heavy (non-hydrogen) atoms. The largest absolute Gasteiger partial charge is 0.397 e. The third-order valence-corrected chi connectivity index (χ3v) is 3.91. The fourth-order valence-electron chi connectivity index (χ4n) is 2.04. The Balaban J connectivity index is 1.98. The first-order chi connectivity index (χ1) is 8.54. The van der Waals surface area contributed by atoms with E-state index in [-0.39, 0.29) is 11.5 Å². The lowest BCUT2D eigenvalue weighted by atomic mass is 9.77. The van der Waals surface area contributed by atoms with Gasteiger partial charge in [0.25, 0.3) is 0 Å². The molecule has 0 atom stereocenters. The third kappa shape index (κ3) is 2.81. The van der Waals surface area contributed by atoms with Gasteiger partial charge in [0.15, 0.2) is 0 Å². The molecule has 1 saturated carbocycles. The number of aromatic nitrogens is 1. The van der Waals surface area contributed by atoms with E-state index in [1.165, 1.54) is 6.20 Å². The van der Waals surface area contributed by atoms with Gasteiger partial charge in [-0.3, -0.25) is 4.79 Å². The van der Waals surface area contributed by atoms with Gasteiger partial charge in [-0.25, -0.2) is 4.98 Å². The summed E-state index contributed by atoms with van der Waals surface area (Å²) in [7, 11) is 1.66. The predicted molar refractivity (Wildman–Crippen MR) is 73.2 cm³/mol. The van der Waals surface area contributed by atoms with E-state index in [1.807, 2.05) is 0 Å². The molecule has 1 fully saturated rings. The number of hydrogen-bond acceptors (Lipinski definition) is 4. The first-order valence-electron chi connectivity index (χ1n) is 5.81. The summed E-state index contributed by atoms with van der Waals surface area (Å²) in [5.74, 6) is 0.397. The maximum absolute atomic E-state index is 11.9. The third-order valence-electron chi connectivity index (χ3n) is 3.30. The first kappa shape index (κ1) is 13.3. The summed E-state index contributed by atoms with van der Waals surface area (Å²) >= 11 is 3.31. The number of carbonyl (C=O) groups is 1. The van der Waals surface area contributed by atoms with Crippen molar-refractivity contribution >= 4 is 33.3 Å². The highest BCUT2D eigenvalue weighted by Gasteiger charge is 2.39. The number of halogens is 1. The second-order valence-electron chi connectivity index (χ2n) is 4.56. The molecule has 6 heteroatoms. The first-order valence-corrected chi connectivity index (χ1v) is 6.60. The van der Waals surface area contributed by atoms with Gasteiger partial charge < -0.3 is 15.8 Å². The van der Waals surface area contributed by atoms with Gasteiger partial charge >= 0.3 is 0 Å². The molecule has 1 heterocycles. The van der Waals surface area contributed by atoms with Crippen molar-refractivity contribution in [3.8, 4) is 0 Å². The predicted octanol–water partition coefficient (Wildman–Crippen LogP) is 2.32. The van der Waals surface area contributed by atoms with E-state index >= 15 is 0 Å². The number of nitrogens with zero attached hydrogens (tertiary/aromatic N) is 1. The highest BCUT2D eigenvalue weighted by atomic mass is 79.9. The molecular weight excluding hydrogens is 298 g/mol. The van der Waals surface area contributed by atoms with Crippen molar-refractivity contribution in [3.63, 3.8) is 0 Å². The molecule has 0 radical (unpaired) electrons. The highest BCUT2D eigenvalue weighted by molar-refractivity contribution is 9.10. The van der Waals surface area contributed by atoms with Crippen molar-refractivity contribution in [3.05, 3.63) is 16.7 Å². The minimum atomic E-state index is -0.273. The van der Waals surface area contributed by atoms with Gasteiger partial charge in [-0.05, 0) is 41.3 Å². The van der Waals surface area contributed by atoms with Crippen LogP contribution >= 0.6 is 15.9 Å². The molecule has 2 rings (SSSR count). The Hall–Kier alpha value is -1.14. The Bertz CT molecular complexity index is 455. The number of ether oxygens (including phenoxy) is 1. The molecule has 0 aromatic carbocycles. The normalized spacial score (nSPS) is 17.0. The summed E-state index contributed by atoms with van der Waals surface area (Å²) in [5, 5.41) is 2.76. The molecule has 0 unspecified atom stereocenters. The Morgan fingerprint density at radius 3 is 2.89 bits per heavy atom. The summed E-state index contributed by atoms with van der Waals surface area (Å²) < 4.78 is 6.10. The van der Waals surface area contributed by atoms with Crippen LogP contribution in [0.4, 0.5) is 11.5 Å². The van der Waals surface area contributed by atoms with E-state index in [0.29, 0.717) is 22.4 Å². The SMILES string of the molecule is COC1(CC(=O)Nc2ncc(N)cc2Br)CCC1. The minimum Gasteiger partial charge on any atom is -0.397 e. The van der Waals surface area contributed by atoms with Gasteiger partial charge in [-0.15, -0.1) is 0 Å². The van der Waals surface area contributed by atoms with E-state index in [9.17, 15) is 4.79 Å². The van der Waals surface area contributed by atoms with Gasteiger partial charge in [0.05, 0.1) is 28.4 Å². The molecule has 1 aliphatic rings. The average Bonchev–Trinajstić information content (AvgIpc) is 2.27. The molecule has 1 aliphatic carbocycles. The Morgan fingerprint density at radius 2 is 2.39 bits per heavy atom. The van der Waals surface area contributed by atoms with Crippen LogP contribution in [0.2, 0.25) is 0 Å². The van der Waals surface area contributed by atoms with Gasteiger partial charge in [0.2, 0.25) is 5.91 Å². The zero-order valence-corrected chi connectivity index (χ0v) is 11.8. The van der Waals surface area contributed by atoms with Crippen molar-refractivity contribution in [2.45, 2.75) is 31.3 Å². The minimum absolute atomic E-state index is 0.0884. The van der Waals surface area contributed by atoms with Crippen LogP contribution in [-0.2, 0) is 9.53 Å². The van der Waals surface area contributed by atoms with E-state index in [4.69, 9.17) is 10.5 Å². The van der Waals surface area contributed by atoms with Crippen molar-refractivity contribution in [2.24, 2.45) is 0 Å². The lowest BCUT2D eigenvalue weighted by Crippen LogP contribution is -2.42. The second-order valence-corrected chi connectivity index (χ2v) is 5.42. The van der Waals surface area contributed by atoms with Crippen molar-refractivity contribution in [1.29, 1.82) is 0 Å². The van der Waals surface area contributed by atoms with E-state index in [0.717, 1.165) is 19.3 Å². The van der Waals surface area contributed by atoms with Gasteiger partial charge in [-0.2, -0.15) is 0 Å². The monoisotopic (exact) mass is 313 g/mol. The maximum Gasteiger partial charge on any atom is 0.228 e. The van der Waals surface area contributed by atoms with Crippen LogP contribution in [0.15, 0.2) is 16.7 Å². The number of hydrogen-bond donors (Lipinski definition) is 2. The molecule has 0 aliphatic heterocycles. The molecule has 98 valence electrons. The number of rotatable bonds is 4. The van der Waals surface area contributed by atoms with Crippen molar-refractivity contribution in [1.82, 2.24) is 4.98 Å². The van der Waals surface area contributed by atoms with Crippen LogP contribution in [-0.4, -0.2) is 23.6 Å². The fraction of sp³-hybridized carbons (Fsp3) is 0.500. The number of methoxy groups -OCH3 is 1. The Labute approximate surface area is 114 Å². The summed E-state index contributed by atoms with van der Waals surface area (Å²) in [5.41, 5.74) is 5.86. The van der Waals surface area contributed by atoms with E-state index in [2.05, 4.69) is 26.2 Å². The van der Waals surface area contributed by atoms with Crippen molar-refractivity contribution in [2.75, 3.05) is 18.2 Å². The molecule has 0 saturated heterocycles. The van der Waals surface area contributed by atoms with Crippen LogP contribution < -0.4 is 11.1 Å². The van der Waals surface area contributed by atoms with Gasteiger partial charge in [0.1, 0.15) is 5.82 Å². The number of anilines is 2. The zero-order valence-electron chi connectivity index (χ0n) is 10.2. The van der Waals surface area contributed by atoms with Gasteiger partial charge in [-0.1, -0.05) is 0 Å². The van der Waals surface area contributed by atoms with Crippen LogP contribution in [0.3, 0.4) is 0 Å². The molecule has 1 amide bonds. The molecule has 1 aromatic heterocycles. The quantitative estimate of drug-likeness (QED) is 0.894. The molecule has 1 aromatic rings. The lowest BCUT2D eigenvalue weighted by Gasteiger charge is -2.39. The van der Waals surface area contributed by atoms with Crippen LogP contribution in [0.25, 0.3) is 0 Å². The zero-order chi connectivity index (χ0) is 13.2. The number of nitrogen functional groups attached to an aromatic ring is 1. The summed E-state index contributed by atoms with van der Waals surface area (Å²) in [6.45, 7) is 0. The number of nitrogens with two attached hydrogens (primary N) is 1. The molecular formula is C12H16BrN3O2. The number of nitrogens with one attached hydrogen (secondary N) is 1. The van der Waals surface area contributed by atoms with Crippen LogP contribution in [0, 0.1) is 0 Å². The number of carbonyl (C=O) groups excluding carboxylic acids is 1. The lowest BCUT2D eigenvalue weighted by molar-refractivity contribution is -0.129. The molecule has 5 nitrogen and oxygen atoms in total. The second kappa shape index (κ2) is 5.24. The fourth-order valence-corrected chi connectivity index (χ4v) is 2.50. The number of pyridine rings is 1. The summed E-state index contributed by atoms with van der Waals surface area (Å²) in [6.07, 6.45) is 4.86. The average molecular weight is 314 g/mol. The highest BCUT2D eigenvalue weighted by Crippen LogP contribution is 2.38. The molecule has 0 spiro atoms. The Kier molecular flexibility index (Phi) is 3.87.